The third-order valence-electron chi connectivity index (χ3n) is 4.10. The number of hydrogen-bond acceptors (Lipinski definition) is 1. The molecule has 1 nitrogen and oxygen atoms in total. The third kappa shape index (κ3) is 2.31. The highest BCUT2D eigenvalue weighted by atomic mass is 15.1. The standard InChI is InChI=1S/C13H24N/c1-11(2)10-14-8-6-13(3,7-9-14)12-4-5-12/h12H,4-10H2,1-3H3. The first-order valence-corrected chi connectivity index (χ1v) is 6.11. The molecule has 1 saturated carbocycles. The van der Waals surface area contributed by atoms with Crippen molar-refractivity contribution in [1.29, 1.82) is 0 Å². The lowest BCUT2D eigenvalue weighted by molar-refractivity contribution is 0.103. The van der Waals surface area contributed by atoms with Crippen molar-refractivity contribution in [2.75, 3.05) is 19.6 Å². The van der Waals surface area contributed by atoms with Crippen LogP contribution in [-0.2, 0) is 0 Å². The maximum atomic E-state index is 2.62. The first kappa shape index (κ1) is 10.5. The predicted octanol–water partition coefficient (Wildman–Crippen LogP) is 3.11. The summed E-state index contributed by atoms with van der Waals surface area (Å²) in [5.41, 5.74) is 0.706. The fourth-order valence-corrected chi connectivity index (χ4v) is 2.86. The van der Waals surface area contributed by atoms with E-state index in [4.69, 9.17) is 0 Å². The SMILES string of the molecule is C[C](C)CN1CCC(C)(C2CC2)CC1. The van der Waals surface area contributed by atoms with Gasteiger partial charge in [-0.05, 0) is 56.0 Å². The minimum Gasteiger partial charge on any atom is -0.303 e. The van der Waals surface area contributed by atoms with Crippen LogP contribution in [-0.4, -0.2) is 24.5 Å². The molecule has 0 bridgehead atoms. The van der Waals surface area contributed by atoms with Gasteiger partial charge in [-0.25, -0.2) is 0 Å². The van der Waals surface area contributed by atoms with Crippen LogP contribution in [0.3, 0.4) is 0 Å². The van der Waals surface area contributed by atoms with Crippen molar-refractivity contribution in [3.63, 3.8) is 0 Å². The van der Waals surface area contributed by atoms with E-state index in [1.54, 1.807) is 5.92 Å². The lowest BCUT2D eigenvalue weighted by atomic mass is 9.76. The molecule has 1 heterocycles. The molecule has 0 unspecified atom stereocenters. The molecule has 1 aliphatic carbocycles. The van der Waals surface area contributed by atoms with Crippen LogP contribution in [0, 0.1) is 17.3 Å². The molecule has 2 fully saturated rings. The van der Waals surface area contributed by atoms with Crippen LogP contribution in [0.25, 0.3) is 0 Å². The van der Waals surface area contributed by atoms with Crippen molar-refractivity contribution in [3.05, 3.63) is 5.92 Å². The van der Waals surface area contributed by atoms with Crippen molar-refractivity contribution in [3.8, 4) is 0 Å². The zero-order chi connectivity index (χ0) is 10.2. The van der Waals surface area contributed by atoms with E-state index in [1.165, 1.54) is 45.3 Å². The van der Waals surface area contributed by atoms with Crippen LogP contribution in [0.1, 0.15) is 46.5 Å². The van der Waals surface area contributed by atoms with E-state index < -0.39 is 0 Å². The van der Waals surface area contributed by atoms with E-state index in [0.29, 0.717) is 5.41 Å². The molecule has 0 atom stereocenters. The summed E-state index contributed by atoms with van der Waals surface area (Å²) in [7, 11) is 0. The molecule has 0 aromatic rings. The third-order valence-corrected chi connectivity index (χ3v) is 4.10. The Balaban J connectivity index is 1.79. The van der Waals surface area contributed by atoms with Crippen molar-refractivity contribution < 1.29 is 0 Å². The van der Waals surface area contributed by atoms with Crippen LogP contribution >= 0.6 is 0 Å². The second-order valence-electron chi connectivity index (χ2n) is 5.91. The molecule has 0 spiro atoms. The zero-order valence-corrected chi connectivity index (χ0v) is 9.97. The molecule has 1 heteroatoms. The summed E-state index contributed by atoms with van der Waals surface area (Å²) in [5, 5.41) is 0. The molecule has 1 aliphatic heterocycles. The normalized spacial score (nSPS) is 28.3. The lowest BCUT2D eigenvalue weighted by Crippen LogP contribution is -2.40. The molecule has 2 aliphatic rings. The van der Waals surface area contributed by atoms with Gasteiger partial charge in [0, 0.05) is 6.54 Å². The molecular formula is C13H24N. The molecular weight excluding hydrogens is 170 g/mol. The summed E-state index contributed by atoms with van der Waals surface area (Å²) >= 11 is 0. The first-order chi connectivity index (χ1) is 6.60. The monoisotopic (exact) mass is 194 g/mol. The van der Waals surface area contributed by atoms with E-state index in [9.17, 15) is 0 Å². The summed E-state index contributed by atoms with van der Waals surface area (Å²) in [4.78, 5) is 2.62. The van der Waals surface area contributed by atoms with Gasteiger partial charge >= 0.3 is 0 Å². The van der Waals surface area contributed by atoms with Gasteiger partial charge in [-0.1, -0.05) is 20.8 Å². The summed E-state index contributed by atoms with van der Waals surface area (Å²) < 4.78 is 0. The van der Waals surface area contributed by atoms with Crippen molar-refractivity contribution in [2.24, 2.45) is 11.3 Å². The second-order valence-corrected chi connectivity index (χ2v) is 5.91. The van der Waals surface area contributed by atoms with Crippen LogP contribution in [0.4, 0.5) is 0 Å². The fraction of sp³-hybridized carbons (Fsp3) is 0.923. The number of rotatable bonds is 3. The van der Waals surface area contributed by atoms with E-state index in [2.05, 4.69) is 25.7 Å². The second kappa shape index (κ2) is 3.84. The van der Waals surface area contributed by atoms with Crippen LogP contribution in [0.15, 0.2) is 0 Å². The summed E-state index contributed by atoms with van der Waals surface area (Å²) in [6, 6.07) is 0. The maximum Gasteiger partial charge on any atom is 0.00383 e. The van der Waals surface area contributed by atoms with E-state index in [-0.39, 0.29) is 0 Å². The maximum absolute atomic E-state index is 2.62. The molecule has 0 aromatic carbocycles. The molecule has 81 valence electrons. The zero-order valence-electron chi connectivity index (χ0n) is 9.97. The Morgan fingerprint density at radius 1 is 1.21 bits per heavy atom. The molecule has 2 rings (SSSR count). The molecule has 0 aromatic heterocycles. The van der Waals surface area contributed by atoms with Gasteiger partial charge in [0.25, 0.3) is 0 Å². The highest BCUT2D eigenvalue weighted by Gasteiger charge is 2.42. The fourth-order valence-electron chi connectivity index (χ4n) is 2.86. The quantitative estimate of drug-likeness (QED) is 0.667. The Bertz CT molecular complexity index is 185. The summed E-state index contributed by atoms with van der Waals surface area (Å²) in [5.74, 6) is 2.64. The van der Waals surface area contributed by atoms with Crippen LogP contribution in [0.5, 0.6) is 0 Å². The van der Waals surface area contributed by atoms with Gasteiger partial charge < -0.3 is 4.90 Å². The van der Waals surface area contributed by atoms with E-state index in [1.807, 2.05) is 0 Å². The molecule has 1 radical (unpaired) electrons. The van der Waals surface area contributed by atoms with Crippen molar-refractivity contribution >= 4 is 0 Å². The highest BCUT2D eigenvalue weighted by Crippen LogP contribution is 2.51. The number of nitrogens with zero attached hydrogens (tertiary/aromatic N) is 1. The Morgan fingerprint density at radius 3 is 2.21 bits per heavy atom. The van der Waals surface area contributed by atoms with Crippen LogP contribution in [0.2, 0.25) is 0 Å². The molecule has 0 N–H and O–H groups in total. The van der Waals surface area contributed by atoms with Gasteiger partial charge in [0.1, 0.15) is 0 Å². The Kier molecular flexibility index (Phi) is 2.88. The van der Waals surface area contributed by atoms with E-state index >= 15 is 0 Å². The van der Waals surface area contributed by atoms with Gasteiger partial charge in [0.2, 0.25) is 0 Å². The smallest absolute Gasteiger partial charge is 0.00383 e. The van der Waals surface area contributed by atoms with Crippen molar-refractivity contribution in [1.82, 2.24) is 4.90 Å². The predicted molar refractivity (Wildman–Crippen MR) is 61.1 cm³/mol. The van der Waals surface area contributed by atoms with Gasteiger partial charge in [-0.15, -0.1) is 0 Å². The summed E-state index contributed by atoms with van der Waals surface area (Å²) in [6.45, 7) is 10.9. The van der Waals surface area contributed by atoms with Crippen molar-refractivity contribution in [2.45, 2.75) is 46.5 Å². The van der Waals surface area contributed by atoms with Gasteiger partial charge in [0.05, 0.1) is 0 Å². The average molecular weight is 194 g/mol. The Labute approximate surface area is 88.9 Å². The molecule has 1 saturated heterocycles. The number of hydrogen-bond donors (Lipinski definition) is 0. The molecule has 14 heavy (non-hydrogen) atoms. The van der Waals surface area contributed by atoms with Gasteiger partial charge in [0.15, 0.2) is 0 Å². The van der Waals surface area contributed by atoms with Crippen LogP contribution < -0.4 is 0 Å². The average Bonchev–Trinajstić information content (AvgIpc) is 2.91. The van der Waals surface area contributed by atoms with Gasteiger partial charge in [-0.2, -0.15) is 0 Å². The minimum absolute atomic E-state index is 0.706. The first-order valence-electron chi connectivity index (χ1n) is 6.11. The number of piperidine rings is 1. The summed E-state index contributed by atoms with van der Waals surface area (Å²) in [6.07, 6.45) is 5.89. The topological polar surface area (TPSA) is 3.24 Å². The van der Waals surface area contributed by atoms with E-state index in [0.717, 1.165) is 5.92 Å². The Hall–Kier alpha value is -0.0400. The largest absolute Gasteiger partial charge is 0.303 e. The lowest BCUT2D eigenvalue weighted by Gasteiger charge is -2.40. The molecule has 0 amide bonds. The van der Waals surface area contributed by atoms with Gasteiger partial charge in [-0.3, -0.25) is 0 Å². The highest BCUT2D eigenvalue weighted by molar-refractivity contribution is 4.95. The Morgan fingerprint density at radius 2 is 1.79 bits per heavy atom. The minimum atomic E-state index is 0.706. The number of likely N-dealkylation sites (tertiary alicyclic amines) is 1.